The van der Waals surface area contributed by atoms with Crippen LogP contribution in [0.5, 0.6) is 0 Å². The van der Waals surface area contributed by atoms with Crippen LogP contribution in [0.25, 0.3) is 0 Å². The zero-order valence-electron chi connectivity index (χ0n) is 10.8. The summed E-state index contributed by atoms with van der Waals surface area (Å²) in [5.74, 6) is 2.36. The third-order valence-electron chi connectivity index (χ3n) is 3.27. The number of nitrogens with one attached hydrogen (secondary N) is 1. The molecule has 18 heavy (non-hydrogen) atoms. The molecule has 1 fully saturated rings. The number of rotatable bonds is 4. The summed E-state index contributed by atoms with van der Waals surface area (Å²) in [5, 5.41) is 3.31. The van der Waals surface area contributed by atoms with Crippen molar-refractivity contribution >= 4 is 23.4 Å². The van der Waals surface area contributed by atoms with Crippen molar-refractivity contribution in [2.45, 2.75) is 19.4 Å². The van der Waals surface area contributed by atoms with E-state index in [0.29, 0.717) is 5.92 Å². The molecule has 1 saturated heterocycles. The number of anilines is 1. The van der Waals surface area contributed by atoms with Crippen molar-refractivity contribution in [2.24, 2.45) is 5.92 Å². The maximum absolute atomic E-state index is 11.9. The Kier molecular flexibility index (Phi) is 4.53. The molecule has 1 aromatic rings. The van der Waals surface area contributed by atoms with Gasteiger partial charge >= 0.3 is 5.97 Å². The minimum Gasteiger partial charge on any atom is -0.467 e. The monoisotopic (exact) mass is 265 g/mol. The van der Waals surface area contributed by atoms with Gasteiger partial charge in [-0.25, -0.2) is 4.79 Å². The number of hydrogen-bond acceptors (Lipinski definition) is 4. The van der Waals surface area contributed by atoms with Gasteiger partial charge in [0.2, 0.25) is 0 Å². The van der Waals surface area contributed by atoms with E-state index in [2.05, 4.69) is 12.2 Å². The number of hydrogen-bond donors (Lipinski definition) is 1. The minimum absolute atomic E-state index is 0.164. The van der Waals surface area contributed by atoms with Gasteiger partial charge in [0.15, 0.2) is 0 Å². The van der Waals surface area contributed by atoms with Crippen LogP contribution in [0.1, 0.15) is 12.0 Å². The third-order valence-corrected chi connectivity index (χ3v) is 4.45. The van der Waals surface area contributed by atoms with E-state index in [1.54, 1.807) is 0 Å². The van der Waals surface area contributed by atoms with Crippen LogP contribution in [0.15, 0.2) is 24.3 Å². The number of esters is 1. The summed E-state index contributed by atoms with van der Waals surface area (Å²) in [5.41, 5.74) is 2.19. The van der Waals surface area contributed by atoms with E-state index in [-0.39, 0.29) is 12.0 Å². The van der Waals surface area contributed by atoms with E-state index < -0.39 is 0 Å². The molecule has 3 nitrogen and oxygen atoms in total. The SMILES string of the molecule is COC(=O)C(Nc1ccc(C)cc1)C1CCSC1. The van der Waals surface area contributed by atoms with Crippen molar-refractivity contribution in [3.8, 4) is 0 Å². The van der Waals surface area contributed by atoms with E-state index in [0.717, 1.165) is 23.6 Å². The molecule has 0 saturated carbocycles. The Bertz CT molecular complexity index is 399. The van der Waals surface area contributed by atoms with Crippen LogP contribution in [0.2, 0.25) is 0 Å². The molecule has 4 heteroatoms. The maximum Gasteiger partial charge on any atom is 0.328 e. The number of methoxy groups -OCH3 is 1. The molecule has 0 spiro atoms. The van der Waals surface area contributed by atoms with E-state index >= 15 is 0 Å². The molecule has 1 aromatic carbocycles. The lowest BCUT2D eigenvalue weighted by molar-refractivity contribution is -0.142. The van der Waals surface area contributed by atoms with Crippen molar-refractivity contribution in [3.63, 3.8) is 0 Å². The highest BCUT2D eigenvalue weighted by atomic mass is 32.2. The van der Waals surface area contributed by atoms with Gasteiger partial charge in [0.1, 0.15) is 6.04 Å². The molecule has 1 aliphatic rings. The van der Waals surface area contributed by atoms with Crippen LogP contribution in [0.3, 0.4) is 0 Å². The zero-order valence-corrected chi connectivity index (χ0v) is 11.6. The molecular weight excluding hydrogens is 246 g/mol. The fourth-order valence-corrected chi connectivity index (χ4v) is 3.44. The highest BCUT2D eigenvalue weighted by Crippen LogP contribution is 2.28. The van der Waals surface area contributed by atoms with E-state index in [9.17, 15) is 4.79 Å². The van der Waals surface area contributed by atoms with Crippen LogP contribution >= 0.6 is 11.8 Å². The van der Waals surface area contributed by atoms with E-state index in [4.69, 9.17) is 4.74 Å². The summed E-state index contributed by atoms with van der Waals surface area (Å²) in [6.07, 6.45) is 1.07. The lowest BCUT2D eigenvalue weighted by atomic mass is 9.99. The molecule has 1 aliphatic heterocycles. The lowest BCUT2D eigenvalue weighted by Gasteiger charge is -2.22. The first-order valence-electron chi connectivity index (χ1n) is 6.19. The number of carbonyl (C=O) groups excluding carboxylic acids is 1. The Morgan fingerprint density at radius 1 is 1.44 bits per heavy atom. The summed E-state index contributed by atoms with van der Waals surface area (Å²) in [6, 6.07) is 7.87. The molecule has 1 heterocycles. The van der Waals surface area contributed by atoms with Gasteiger partial charge < -0.3 is 10.1 Å². The average Bonchev–Trinajstić information content (AvgIpc) is 2.91. The average molecular weight is 265 g/mol. The van der Waals surface area contributed by atoms with Crippen LogP contribution in [-0.2, 0) is 9.53 Å². The standard InChI is InChI=1S/C14H19NO2S/c1-10-3-5-12(6-4-10)15-13(14(16)17-2)11-7-8-18-9-11/h3-6,11,13,15H,7-9H2,1-2H3. The summed E-state index contributed by atoms with van der Waals surface area (Å²) in [4.78, 5) is 11.9. The van der Waals surface area contributed by atoms with Crippen LogP contribution in [0, 0.1) is 12.8 Å². The summed E-state index contributed by atoms with van der Waals surface area (Å²) in [7, 11) is 1.45. The smallest absolute Gasteiger partial charge is 0.328 e. The van der Waals surface area contributed by atoms with Gasteiger partial charge in [-0.15, -0.1) is 0 Å². The highest BCUT2D eigenvalue weighted by Gasteiger charge is 2.31. The zero-order chi connectivity index (χ0) is 13.0. The quantitative estimate of drug-likeness (QED) is 0.850. The van der Waals surface area contributed by atoms with E-state index in [1.165, 1.54) is 12.7 Å². The van der Waals surface area contributed by atoms with Gasteiger partial charge in [-0.2, -0.15) is 11.8 Å². The first-order chi connectivity index (χ1) is 8.70. The van der Waals surface area contributed by atoms with Crippen molar-refractivity contribution in [2.75, 3.05) is 23.9 Å². The summed E-state index contributed by atoms with van der Waals surface area (Å²) >= 11 is 1.90. The topological polar surface area (TPSA) is 38.3 Å². The molecule has 2 unspecified atom stereocenters. The van der Waals surface area contributed by atoms with Crippen molar-refractivity contribution in [1.29, 1.82) is 0 Å². The Morgan fingerprint density at radius 2 is 2.17 bits per heavy atom. The number of aryl methyl sites for hydroxylation is 1. The second-order valence-electron chi connectivity index (χ2n) is 4.63. The molecule has 2 atom stereocenters. The normalized spacial score (nSPS) is 20.4. The predicted molar refractivity (Wildman–Crippen MR) is 76.0 cm³/mol. The van der Waals surface area contributed by atoms with Crippen molar-refractivity contribution in [1.82, 2.24) is 0 Å². The Balaban J connectivity index is 2.09. The Hall–Kier alpha value is -1.16. The first-order valence-corrected chi connectivity index (χ1v) is 7.35. The Morgan fingerprint density at radius 3 is 2.72 bits per heavy atom. The molecule has 2 rings (SSSR count). The second-order valence-corrected chi connectivity index (χ2v) is 5.78. The van der Waals surface area contributed by atoms with Gasteiger partial charge in [0, 0.05) is 5.69 Å². The molecule has 0 bridgehead atoms. The fourth-order valence-electron chi connectivity index (χ4n) is 2.14. The van der Waals surface area contributed by atoms with Crippen molar-refractivity contribution < 1.29 is 9.53 Å². The summed E-state index contributed by atoms with van der Waals surface area (Å²) < 4.78 is 4.91. The first kappa shape index (κ1) is 13.3. The molecule has 0 amide bonds. The lowest BCUT2D eigenvalue weighted by Crippen LogP contribution is -2.38. The second kappa shape index (κ2) is 6.14. The number of ether oxygens (including phenoxy) is 1. The summed E-state index contributed by atoms with van der Waals surface area (Å²) in [6.45, 7) is 2.05. The van der Waals surface area contributed by atoms with Gasteiger partial charge in [0.25, 0.3) is 0 Å². The maximum atomic E-state index is 11.9. The molecule has 0 aromatic heterocycles. The predicted octanol–water partition coefficient (Wildman–Crippen LogP) is 2.70. The van der Waals surface area contributed by atoms with Gasteiger partial charge in [-0.3, -0.25) is 0 Å². The molecule has 98 valence electrons. The minimum atomic E-state index is -0.229. The van der Waals surface area contributed by atoms with Crippen LogP contribution in [-0.4, -0.2) is 30.6 Å². The van der Waals surface area contributed by atoms with Gasteiger partial charge in [0.05, 0.1) is 7.11 Å². The molecule has 1 N–H and O–H groups in total. The highest BCUT2D eigenvalue weighted by molar-refractivity contribution is 7.99. The number of carbonyl (C=O) groups is 1. The van der Waals surface area contributed by atoms with Crippen LogP contribution in [0.4, 0.5) is 5.69 Å². The van der Waals surface area contributed by atoms with E-state index in [1.807, 2.05) is 36.0 Å². The molecular formula is C14H19NO2S. The van der Waals surface area contributed by atoms with Gasteiger partial charge in [-0.05, 0) is 42.9 Å². The molecule has 0 aliphatic carbocycles. The fraction of sp³-hybridized carbons (Fsp3) is 0.500. The largest absolute Gasteiger partial charge is 0.467 e. The van der Waals surface area contributed by atoms with Crippen LogP contribution < -0.4 is 5.32 Å². The Labute approximate surface area is 112 Å². The molecule has 0 radical (unpaired) electrons. The number of benzene rings is 1. The third kappa shape index (κ3) is 3.19. The van der Waals surface area contributed by atoms with Gasteiger partial charge in [-0.1, -0.05) is 17.7 Å². The van der Waals surface area contributed by atoms with Crippen molar-refractivity contribution in [3.05, 3.63) is 29.8 Å². The number of thioether (sulfide) groups is 1.